The molecular weight excluding hydrogens is 372 g/mol. The number of benzene rings is 2. The summed E-state index contributed by atoms with van der Waals surface area (Å²) in [5.74, 6) is -0.0602. The molecule has 3 rings (SSSR count). The van der Waals surface area contributed by atoms with Crippen LogP contribution < -0.4 is 9.62 Å². The van der Waals surface area contributed by atoms with Crippen LogP contribution in [0.5, 0.6) is 0 Å². The van der Waals surface area contributed by atoms with E-state index in [9.17, 15) is 13.2 Å². The third kappa shape index (κ3) is 4.37. The average molecular weight is 393 g/mol. The number of halogens is 1. The molecule has 0 aliphatic carbocycles. The number of rotatable bonds is 6. The van der Waals surface area contributed by atoms with E-state index in [2.05, 4.69) is 5.32 Å². The van der Waals surface area contributed by atoms with E-state index < -0.39 is 10.0 Å². The molecule has 0 saturated heterocycles. The van der Waals surface area contributed by atoms with Gasteiger partial charge >= 0.3 is 0 Å². The quantitative estimate of drug-likeness (QED) is 0.816. The van der Waals surface area contributed by atoms with E-state index in [1.807, 2.05) is 30.3 Å². The third-order valence-electron chi connectivity index (χ3n) is 4.42. The van der Waals surface area contributed by atoms with Crippen LogP contribution in [0.15, 0.2) is 42.5 Å². The summed E-state index contributed by atoms with van der Waals surface area (Å²) in [5, 5.41) is 3.61. The highest BCUT2D eigenvalue weighted by Crippen LogP contribution is 2.32. The van der Waals surface area contributed by atoms with Crippen LogP contribution in [0.25, 0.3) is 0 Å². The number of fused-ring (bicyclic) bond motifs is 1. The van der Waals surface area contributed by atoms with Crippen LogP contribution in [0.1, 0.15) is 24.0 Å². The molecule has 5 nitrogen and oxygen atoms in total. The van der Waals surface area contributed by atoms with Gasteiger partial charge in [-0.3, -0.25) is 9.10 Å². The van der Waals surface area contributed by atoms with Crippen LogP contribution >= 0.6 is 11.6 Å². The van der Waals surface area contributed by atoms with E-state index in [4.69, 9.17) is 11.6 Å². The number of carbonyl (C=O) groups is 1. The maximum atomic E-state index is 12.2. The van der Waals surface area contributed by atoms with E-state index in [1.165, 1.54) is 10.6 Å². The van der Waals surface area contributed by atoms with Gasteiger partial charge in [0, 0.05) is 23.7 Å². The van der Waals surface area contributed by atoms with Crippen LogP contribution in [0.3, 0.4) is 0 Å². The van der Waals surface area contributed by atoms with Crippen molar-refractivity contribution >= 4 is 38.9 Å². The minimum absolute atomic E-state index is 0.0602. The van der Waals surface area contributed by atoms with Crippen LogP contribution in [-0.4, -0.2) is 27.1 Å². The zero-order chi connectivity index (χ0) is 18.7. The Hall–Kier alpha value is -2.05. The van der Waals surface area contributed by atoms with Crippen molar-refractivity contribution in [1.82, 2.24) is 0 Å². The van der Waals surface area contributed by atoms with Crippen molar-refractivity contribution in [2.45, 2.75) is 25.7 Å². The average Bonchev–Trinajstić information content (AvgIpc) is 3.00. The van der Waals surface area contributed by atoms with Gasteiger partial charge in [-0.25, -0.2) is 8.42 Å². The predicted octanol–water partition coefficient (Wildman–Crippen LogP) is 3.62. The highest BCUT2D eigenvalue weighted by molar-refractivity contribution is 7.92. The number of nitrogens with one attached hydrogen (secondary N) is 1. The van der Waals surface area contributed by atoms with Crippen LogP contribution in [0.2, 0.25) is 5.02 Å². The van der Waals surface area contributed by atoms with Gasteiger partial charge in [-0.2, -0.15) is 0 Å². The number of hydrogen-bond acceptors (Lipinski definition) is 3. The van der Waals surface area contributed by atoms with Crippen molar-refractivity contribution in [3.05, 3.63) is 58.6 Å². The molecule has 0 fully saturated rings. The second-order valence-electron chi connectivity index (χ2n) is 6.42. The van der Waals surface area contributed by atoms with E-state index in [0.717, 1.165) is 22.6 Å². The first-order valence-corrected chi connectivity index (χ1v) is 10.7. The van der Waals surface area contributed by atoms with Crippen molar-refractivity contribution in [2.24, 2.45) is 0 Å². The SMILES string of the molecule is CS(=O)(=O)N1CCc2cc(NC(=O)CCCc3ccccc3Cl)ccc21. The molecule has 138 valence electrons. The smallest absolute Gasteiger partial charge is 0.232 e. The second-order valence-corrected chi connectivity index (χ2v) is 8.74. The molecule has 2 aromatic rings. The summed E-state index contributed by atoms with van der Waals surface area (Å²) < 4.78 is 24.9. The topological polar surface area (TPSA) is 66.5 Å². The second kappa shape index (κ2) is 7.68. The predicted molar refractivity (Wildman–Crippen MR) is 105 cm³/mol. The molecule has 1 aliphatic rings. The van der Waals surface area contributed by atoms with Crippen LogP contribution in [0.4, 0.5) is 11.4 Å². The molecule has 7 heteroatoms. The fraction of sp³-hybridized carbons (Fsp3) is 0.316. The summed E-state index contributed by atoms with van der Waals surface area (Å²) in [5.41, 5.74) is 3.37. The molecule has 1 heterocycles. The van der Waals surface area contributed by atoms with E-state index in [1.54, 1.807) is 12.1 Å². The van der Waals surface area contributed by atoms with Crippen molar-refractivity contribution in [3.8, 4) is 0 Å². The minimum Gasteiger partial charge on any atom is -0.326 e. The number of aryl methyl sites for hydroxylation is 1. The van der Waals surface area contributed by atoms with E-state index in [0.29, 0.717) is 37.2 Å². The Balaban J connectivity index is 1.56. The van der Waals surface area contributed by atoms with E-state index >= 15 is 0 Å². The maximum Gasteiger partial charge on any atom is 0.232 e. The Kier molecular flexibility index (Phi) is 5.53. The Bertz CT molecular complexity index is 928. The number of anilines is 2. The zero-order valence-corrected chi connectivity index (χ0v) is 16.1. The van der Waals surface area contributed by atoms with Crippen molar-refractivity contribution in [2.75, 3.05) is 22.4 Å². The molecule has 0 aromatic heterocycles. The summed E-state index contributed by atoms with van der Waals surface area (Å²) in [6.45, 7) is 0.448. The van der Waals surface area contributed by atoms with Gasteiger partial charge in [0.25, 0.3) is 0 Å². The lowest BCUT2D eigenvalue weighted by atomic mass is 10.1. The van der Waals surface area contributed by atoms with Gasteiger partial charge in [0.2, 0.25) is 15.9 Å². The lowest BCUT2D eigenvalue weighted by Crippen LogP contribution is -2.27. The highest BCUT2D eigenvalue weighted by atomic mass is 35.5. The van der Waals surface area contributed by atoms with Crippen molar-refractivity contribution in [3.63, 3.8) is 0 Å². The molecular formula is C19H21ClN2O3S. The van der Waals surface area contributed by atoms with Gasteiger partial charge in [-0.15, -0.1) is 0 Å². The normalized spacial score (nSPS) is 13.5. The molecule has 2 aromatic carbocycles. The number of sulfonamides is 1. The van der Waals surface area contributed by atoms with Gasteiger partial charge in [0.05, 0.1) is 11.9 Å². The fourth-order valence-electron chi connectivity index (χ4n) is 3.16. The third-order valence-corrected chi connectivity index (χ3v) is 5.97. The number of nitrogens with zero attached hydrogens (tertiary/aromatic N) is 1. The largest absolute Gasteiger partial charge is 0.326 e. The maximum absolute atomic E-state index is 12.2. The molecule has 0 radical (unpaired) electrons. The molecule has 1 N–H and O–H groups in total. The zero-order valence-electron chi connectivity index (χ0n) is 14.5. The summed E-state index contributed by atoms with van der Waals surface area (Å²) in [7, 11) is -3.26. The first kappa shape index (κ1) is 18.7. The molecule has 0 saturated carbocycles. The Morgan fingerprint density at radius 3 is 2.73 bits per heavy atom. The number of hydrogen-bond donors (Lipinski definition) is 1. The molecule has 0 atom stereocenters. The standard InChI is InChI=1S/C19H21ClN2O3S/c1-26(24,25)22-12-11-15-13-16(9-10-18(15)22)21-19(23)8-4-6-14-5-2-3-7-17(14)20/h2-3,5,7,9-10,13H,4,6,8,11-12H2,1H3,(H,21,23). The molecule has 1 aliphatic heterocycles. The van der Waals surface area contributed by atoms with Crippen molar-refractivity contribution < 1.29 is 13.2 Å². The number of amides is 1. The Morgan fingerprint density at radius 2 is 2.00 bits per heavy atom. The van der Waals surface area contributed by atoms with Crippen molar-refractivity contribution in [1.29, 1.82) is 0 Å². The molecule has 0 unspecified atom stereocenters. The monoisotopic (exact) mass is 392 g/mol. The Labute approximate surface area is 159 Å². The van der Waals surface area contributed by atoms with Crippen LogP contribution in [0, 0.1) is 0 Å². The van der Waals surface area contributed by atoms with Gasteiger partial charge in [0.15, 0.2) is 0 Å². The first-order chi connectivity index (χ1) is 12.3. The summed E-state index contributed by atoms with van der Waals surface area (Å²) >= 11 is 6.12. The minimum atomic E-state index is -3.26. The molecule has 0 spiro atoms. The van der Waals surface area contributed by atoms with Gasteiger partial charge in [-0.1, -0.05) is 29.8 Å². The lowest BCUT2D eigenvalue weighted by molar-refractivity contribution is -0.116. The van der Waals surface area contributed by atoms with Crippen LogP contribution in [-0.2, 0) is 27.7 Å². The fourth-order valence-corrected chi connectivity index (χ4v) is 4.35. The molecule has 26 heavy (non-hydrogen) atoms. The number of carbonyl (C=O) groups excluding carboxylic acids is 1. The van der Waals surface area contributed by atoms with Gasteiger partial charge in [0.1, 0.15) is 0 Å². The van der Waals surface area contributed by atoms with Gasteiger partial charge < -0.3 is 5.32 Å². The summed E-state index contributed by atoms with van der Waals surface area (Å²) in [4.78, 5) is 12.2. The van der Waals surface area contributed by atoms with Gasteiger partial charge in [-0.05, 0) is 54.7 Å². The van der Waals surface area contributed by atoms with E-state index in [-0.39, 0.29) is 5.91 Å². The first-order valence-electron chi connectivity index (χ1n) is 8.48. The summed E-state index contributed by atoms with van der Waals surface area (Å²) in [6, 6.07) is 13.0. The Morgan fingerprint density at radius 1 is 1.23 bits per heavy atom. The molecule has 0 bridgehead atoms. The molecule has 1 amide bonds. The lowest BCUT2D eigenvalue weighted by Gasteiger charge is -2.16. The summed E-state index contributed by atoms with van der Waals surface area (Å²) in [6.07, 6.45) is 3.72. The highest BCUT2D eigenvalue weighted by Gasteiger charge is 2.26.